The highest BCUT2D eigenvalue weighted by Crippen LogP contribution is 2.06. The molecular formula is C11H14O2. The third kappa shape index (κ3) is 2.90. The van der Waals surface area contributed by atoms with Gasteiger partial charge in [-0.05, 0) is 32.9 Å². The van der Waals surface area contributed by atoms with E-state index in [9.17, 15) is 4.79 Å². The number of benzene rings is 1. The summed E-state index contributed by atoms with van der Waals surface area (Å²) in [4.78, 5) is 11.4. The van der Waals surface area contributed by atoms with Gasteiger partial charge in [-0.15, -0.1) is 0 Å². The highest BCUT2D eigenvalue weighted by atomic mass is 16.5. The highest BCUT2D eigenvalue weighted by Gasteiger charge is 2.07. The van der Waals surface area contributed by atoms with Gasteiger partial charge in [0.15, 0.2) is 0 Å². The fourth-order valence-electron chi connectivity index (χ4n) is 1.05. The normalized spacial score (nSPS) is 10.2. The van der Waals surface area contributed by atoms with Gasteiger partial charge in [0, 0.05) is 0 Å². The van der Waals surface area contributed by atoms with E-state index in [-0.39, 0.29) is 12.1 Å². The zero-order chi connectivity index (χ0) is 9.84. The van der Waals surface area contributed by atoms with Crippen LogP contribution < -0.4 is 0 Å². The van der Waals surface area contributed by atoms with Crippen LogP contribution in [0.4, 0.5) is 0 Å². The summed E-state index contributed by atoms with van der Waals surface area (Å²) in [6.07, 6.45) is -0.0620. The lowest BCUT2D eigenvalue weighted by Gasteiger charge is -2.07. The van der Waals surface area contributed by atoms with Crippen LogP contribution in [0.15, 0.2) is 24.3 Å². The number of ether oxygens (including phenoxy) is 1. The lowest BCUT2D eigenvalue weighted by Crippen LogP contribution is -2.11. The second kappa shape index (κ2) is 4.08. The van der Waals surface area contributed by atoms with Crippen molar-refractivity contribution in [3.8, 4) is 0 Å². The molecule has 0 unspecified atom stereocenters. The van der Waals surface area contributed by atoms with Gasteiger partial charge in [0.05, 0.1) is 11.7 Å². The van der Waals surface area contributed by atoms with E-state index in [1.807, 2.05) is 39.0 Å². The summed E-state index contributed by atoms with van der Waals surface area (Å²) in [5.41, 5.74) is 1.69. The van der Waals surface area contributed by atoms with E-state index in [4.69, 9.17) is 4.74 Å². The molecule has 0 fully saturated rings. The standard InChI is InChI=1S/C11H14O2/c1-8(2)13-11(12)10-6-4-5-9(3)7-10/h4-8H,1-3H3. The lowest BCUT2D eigenvalue weighted by molar-refractivity contribution is 0.0378. The second-order valence-corrected chi connectivity index (χ2v) is 3.32. The van der Waals surface area contributed by atoms with Crippen LogP contribution in [0, 0.1) is 6.92 Å². The zero-order valence-corrected chi connectivity index (χ0v) is 8.20. The number of aryl methyl sites for hydroxylation is 1. The van der Waals surface area contributed by atoms with Crippen LogP contribution in [-0.2, 0) is 4.74 Å². The maximum Gasteiger partial charge on any atom is 0.338 e. The minimum Gasteiger partial charge on any atom is -0.459 e. The first-order valence-corrected chi connectivity index (χ1v) is 4.37. The first-order chi connectivity index (χ1) is 6.09. The summed E-state index contributed by atoms with van der Waals surface area (Å²) in [5.74, 6) is -0.251. The molecule has 0 atom stereocenters. The molecule has 0 heterocycles. The Kier molecular flexibility index (Phi) is 3.07. The van der Waals surface area contributed by atoms with E-state index in [2.05, 4.69) is 0 Å². The van der Waals surface area contributed by atoms with Crippen molar-refractivity contribution in [2.75, 3.05) is 0 Å². The minimum atomic E-state index is -0.251. The van der Waals surface area contributed by atoms with Crippen molar-refractivity contribution in [2.45, 2.75) is 26.9 Å². The van der Waals surface area contributed by atoms with E-state index in [0.717, 1.165) is 5.56 Å². The molecule has 13 heavy (non-hydrogen) atoms. The van der Waals surface area contributed by atoms with Crippen LogP contribution in [0.25, 0.3) is 0 Å². The molecule has 0 bridgehead atoms. The molecule has 0 spiro atoms. The average Bonchev–Trinajstić information content (AvgIpc) is 2.03. The molecule has 1 aromatic rings. The first kappa shape index (κ1) is 9.78. The summed E-state index contributed by atoms with van der Waals surface area (Å²) >= 11 is 0. The summed E-state index contributed by atoms with van der Waals surface area (Å²) in [7, 11) is 0. The van der Waals surface area contributed by atoms with Crippen molar-refractivity contribution in [1.82, 2.24) is 0 Å². The van der Waals surface area contributed by atoms with Crippen molar-refractivity contribution in [1.29, 1.82) is 0 Å². The monoisotopic (exact) mass is 178 g/mol. The average molecular weight is 178 g/mol. The number of carbonyl (C=O) groups is 1. The third-order valence-corrected chi connectivity index (χ3v) is 1.60. The SMILES string of the molecule is Cc1cccc(C(=O)OC(C)C)c1. The van der Waals surface area contributed by atoms with Crippen molar-refractivity contribution in [3.05, 3.63) is 35.4 Å². The Labute approximate surface area is 78.5 Å². The predicted octanol–water partition coefficient (Wildman–Crippen LogP) is 2.56. The topological polar surface area (TPSA) is 26.3 Å². The molecule has 70 valence electrons. The van der Waals surface area contributed by atoms with Crippen LogP contribution in [0.1, 0.15) is 29.8 Å². The van der Waals surface area contributed by atoms with Crippen molar-refractivity contribution in [2.24, 2.45) is 0 Å². The Balaban J connectivity index is 2.77. The Bertz CT molecular complexity index is 303. The Hall–Kier alpha value is -1.31. The van der Waals surface area contributed by atoms with Gasteiger partial charge in [-0.1, -0.05) is 17.7 Å². The number of esters is 1. The van der Waals surface area contributed by atoms with E-state index >= 15 is 0 Å². The second-order valence-electron chi connectivity index (χ2n) is 3.32. The Morgan fingerprint density at radius 2 is 2.08 bits per heavy atom. The maximum atomic E-state index is 11.4. The van der Waals surface area contributed by atoms with Gasteiger partial charge in [0.1, 0.15) is 0 Å². The summed E-state index contributed by atoms with van der Waals surface area (Å²) in [6.45, 7) is 5.63. The van der Waals surface area contributed by atoms with Crippen molar-refractivity contribution < 1.29 is 9.53 Å². The molecule has 0 aliphatic heterocycles. The maximum absolute atomic E-state index is 11.4. The van der Waals surface area contributed by atoms with Crippen LogP contribution in [0.5, 0.6) is 0 Å². The summed E-state index contributed by atoms with van der Waals surface area (Å²) in [5, 5.41) is 0. The fourth-order valence-corrected chi connectivity index (χ4v) is 1.05. The van der Waals surface area contributed by atoms with Gasteiger partial charge >= 0.3 is 5.97 Å². The number of hydrogen-bond acceptors (Lipinski definition) is 2. The third-order valence-electron chi connectivity index (χ3n) is 1.60. The van der Waals surface area contributed by atoms with Gasteiger partial charge in [-0.25, -0.2) is 4.79 Å². The first-order valence-electron chi connectivity index (χ1n) is 4.37. The molecule has 0 amide bonds. The van der Waals surface area contributed by atoms with Crippen LogP contribution in [0.3, 0.4) is 0 Å². The van der Waals surface area contributed by atoms with Crippen LogP contribution >= 0.6 is 0 Å². The van der Waals surface area contributed by atoms with Crippen molar-refractivity contribution >= 4 is 5.97 Å². The molecule has 2 nitrogen and oxygen atoms in total. The van der Waals surface area contributed by atoms with E-state index in [1.165, 1.54) is 0 Å². The van der Waals surface area contributed by atoms with Crippen LogP contribution in [-0.4, -0.2) is 12.1 Å². The van der Waals surface area contributed by atoms with Crippen LogP contribution in [0.2, 0.25) is 0 Å². The Morgan fingerprint density at radius 1 is 1.38 bits per heavy atom. The molecule has 1 rings (SSSR count). The molecule has 0 aliphatic carbocycles. The molecule has 0 aliphatic rings. The largest absolute Gasteiger partial charge is 0.459 e. The molecule has 0 saturated carbocycles. The number of carbonyl (C=O) groups excluding carboxylic acids is 1. The quantitative estimate of drug-likeness (QED) is 0.650. The van der Waals surface area contributed by atoms with Crippen molar-refractivity contribution in [3.63, 3.8) is 0 Å². The van der Waals surface area contributed by atoms with Gasteiger partial charge in [0.2, 0.25) is 0 Å². The van der Waals surface area contributed by atoms with Gasteiger partial charge in [0.25, 0.3) is 0 Å². The molecule has 0 saturated heterocycles. The molecule has 0 N–H and O–H groups in total. The Morgan fingerprint density at radius 3 is 2.62 bits per heavy atom. The van der Waals surface area contributed by atoms with E-state index in [1.54, 1.807) is 6.07 Å². The number of hydrogen-bond donors (Lipinski definition) is 0. The molecule has 2 heteroatoms. The molecular weight excluding hydrogens is 164 g/mol. The molecule has 0 aromatic heterocycles. The molecule has 0 radical (unpaired) electrons. The van der Waals surface area contributed by atoms with E-state index in [0.29, 0.717) is 5.56 Å². The van der Waals surface area contributed by atoms with E-state index < -0.39 is 0 Å². The highest BCUT2D eigenvalue weighted by molar-refractivity contribution is 5.89. The summed E-state index contributed by atoms with van der Waals surface area (Å²) in [6, 6.07) is 7.39. The molecule has 1 aromatic carbocycles. The smallest absolute Gasteiger partial charge is 0.338 e. The number of rotatable bonds is 2. The van der Waals surface area contributed by atoms with Gasteiger partial charge in [-0.3, -0.25) is 0 Å². The minimum absolute atomic E-state index is 0.0620. The lowest BCUT2D eigenvalue weighted by atomic mass is 10.1. The fraction of sp³-hybridized carbons (Fsp3) is 0.364. The predicted molar refractivity (Wildman–Crippen MR) is 51.7 cm³/mol. The zero-order valence-electron chi connectivity index (χ0n) is 8.20. The van der Waals surface area contributed by atoms with Gasteiger partial charge in [-0.2, -0.15) is 0 Å². The summed E-state index contributed by atoms with van der Waals surface area (Å²) < 4.78 is 5.05. The van der Waals surface area contributed by atoms with Gasteiger partial charge < -0.3 is 4.74 Å².